The Hall–Kier alpha value is -2.15. The highest BCUT2D eigenvalue weighted by Gasteiger charge is 2.36. The highest BCUT2D eigenvalue weighted by molar-refractivity contribution is 7.17. The first-order chi connectivity index (χ1) is 15.3. The summed E-state index contributed by atoms with van der Waals surface area (Å²) in [5.41, 5.74) is 2.59. The van der Waals surface area contributed by atoms with Crippen molar-refractivity contribution in [3.8, 4) is 0 Å². The second-order valence-electron chi connectivity index (χ2n) is 10.1. The molecule has 0 bridgehead atoms. The van der Waals surface area contributed by atoms with E-state index in [9.17, 15) is 9.59 Å². The average Bonchev–Trinajstić information content (AvgIpc) is 3.36. The normalized spacial score (nSPS) is 19.4. The summed E-state index contributed by atoms with van der Waals surface area (Å²) < 4.78 is 1.56. The van der Waals surface area contributed by atoms with Gasteiger partial charge in [-0.3, -0.25) is 14.3 Å². The molecule has 0 saturated heterocycles. The maximum absolute atomic E-state index is 13.5. The summed E-state index contributed by atoms with van der Waals surface area (Å²) in [6, 6.07) is 1.94. The zero-order chi connectivity index (χ0) is 22.9. The third-order valence-corrected chi connectivity index (χ3v) is 8.90. The molecule has 4 rings (SSSR count). The first kappa shape index (κ1) is 23.0. The Labute approximate surface area is 195 Å². The third kappa shape index (κ3) is 4.63. The lowest BCUT2D eigenvalue weighted by molar-refractivity contribution is 0.0927. The summed E-state index contributed by atoms with van der Waals surface area (Å²) in [4.78, 5) is 27.7. The summed E-state index contributed by atoms with van der Waals surface area (Å²) in [5.74, 6) is 0.345. The van der Waals surface area contributed by atoms with Gasteiger partial charge in [0.15, 0.2) is 0 Å². The highest BCUT2D eigenvalue weighted by atomic mass is 32.1. The van der Waals surface area contributed by atoms with E-state index >= 15 is 0 Å². The van der Waals surface area contributed by atoms with Crippen LogP contribution in [-0.4, -0.2) is 27.6 Å². The van der Waals surface area contributed by atoms with Crippen molar-refractivity contribution in [1.29, 1.82) is 0 Å². The maximum atomic E-state index is 13.5. The van der Waals surface area contributed by atoms with Crippen LogP contribution in [0.1, 0.15) is 97.0 Å². The van der Waals surface area contributed by atoms with Crippen molar-refractivity contribution in [3.05, 3.63) is 34.0 Å². The number of aryl methyl sites for hydroxylation is 1. The minimum absolute atomic E-state index is 0.0251. The van der Waals surface area contributed by atoms with Gasteiger partial charge in [0.05, 0.1) is 5.56 Å². The van der Waals surface area contributed by atoms with Crippen LogP contribution in [0, 0.1) is 11.3 Å². The van der Waals surface area contributed by atoms with Crippen molar-refractivity contribution in [2.24, 2.45) is 18.4 Å². The summed E-state index contributed by atoms with van der Waals surface area (Å²) in [5, 5.41) is 11.1. The third-order valence-electron chi connectivity index (χ3n) is 7.73. The standard InChI is InChI=1S/C25H36N4O2S/c1-5-25(2,3)16-11-12-18-20(15-16)32-24(28-22(30)19-13-14-26-29(19)4)21(18)23(31)27-17-9-7-6-8-10-17/h13-14,16-17H,5-12,15H2,1-4H3,(H,27,31)(H,28,30)/t16-/m1/s1. The number of aromatic nitrogens is 2. The first-order valence-corrected chi connectivity index (χ1v) is 12.9. The summed E-state index contributed by atoms with van der Waals surface area (Å²) >= 11 is 1.59. The van der Waals surface area contributed by atoms with Crippen LogP contribution < -0.4 is 10.6 Å². The molecule has 0 spiro atoms. The van der Waals surface area contributed by atoms with Crippen molar-refractivity contribution in [2.45, 2.75) is 84.6 Å². The van der Waals surface area contributed by atoms with Gasteiger partial charge < -0.3 is 10.6 Å². The van der Waals surface area contributed by atoms with Crippen molar-refractivity contribution in [3.63, 3.8) is 0 Å². The fraction of sp³-hybridized carbons (Fsp3) is 0.640. The molecule has 6 nitrogen and oxygen atoms in total. The SMILES string of the molecule is CCC(C)(C)[C@@H]1CCc2c(sc(NC(=O)c3ccnn3C)c2C(=O)NC2CCCCC2)C1. The molecule has 0 radical (unpaired) electrons. The van der Waals surface area contributed by atoms with Gasteiger partial charge in [-0.2, -0.15) is 5.10 Å². The van der Waals surface area contributed by atoms with Gasteiger partial charge in [0.25, 0.3) is 11.8 Å². The van der Waals surface area contributed by atoms with Crippen LogP contribution in [0.2, 0.25) is 0 Å². The molecule has 2 N–H and O–H groups in total. The molecule has 0 aromatic carbocycles. The highest BCUT2D eigenvalue weighted by Crippen LogP contribution is 2.45. The minimum Gasteiger partial charge on any atom is -0.349 e. The van der Waals surface area contributed by atoms with E-state index in [2.05, 4.69) is 36.5 Å². The van der Waals surface area contributed by atoms with E-state index in [4.69, 9.17) is 0 Å². The molecule has 0 unspecified atom stereocenters. The van der Waals surface area contributed by atoms with Crippen molar-refractivity contribution >= 4 is 28.2 Å². The number of thiophene rings is 1. The van der Waals surface area contributed by atoms with E-state index in [1.165, 1.54) is 24.1 Å². The second kappa shape index (κ2) is 9.38. The molecule has 32 heavy (non-hydrogen) atoms. The Morgan fingerprint density at radius 2 is 1.94 bits per heavy atom. The second-order valence-corrected chi connectivity index (χ2v) is 11.2. The van der Waals surface area contributed by atoms with Crippen LogP contribution in [-0.2, 0) is 19.9 Å². The predicted molar refractivity (Wildman–Crippen MR) is 129 cm³/mol. The van der Waals surface area contributed by atoms with E-state index in [0.717, 1.165) is 44.1 Å². The van der Waals surface area contributed by atoms with Gasteiger partial charge >= 0.3 is 0 Å². The van der Waals surface area contributed by atoms with Crippen molar-refractivity contribution in [2.75, 3.05) is 5.32 Å². The molecule has 2 aromatic rings. The molecular formula is C25H36N4O2S. The Morgan fingerprint density at radius 3 is 2.59 bits per heavy atom. The lowest BCUT2D eigenvalue weighted by Gasteiger charge is -2.36. The summed E-state index contributed by atoms with van der Waals surface area (Å²) in [7, 11) is 1.75. The first-order valence-electron chi connectivity index (χ1n) is 12.0. The van der Waals surface area contributed by atoms with Crippen LogP contribution in [0.4, 0.5) is 5.00 Å². The molecule has 2 amide bonds. The van der Waals surface area contributed by atoms with Crippen LogP contribution in [0.25, 0.3) is 0 Å². The maximum Gasteiger partial charge on any atom is 0.274 e. The topological polar surface area (TPSA) is 76.0 Å². The number of nitrogens with one attached hydrogen (secondary N) is 2. The molecule has 2 aromatic heterocycles. The Balaban J connectivity index is 1.64. The molecular weight excluding hydrogens is 420 g/mol. The van der Waals surface area contributed by atoms with Crippen molar-refractivity contribution in [1.82, 2.24) is 15.1 Å². The van der Waals surface area contributed by atoms with Crippen LogP contribution >= 0.6 is 11.3 Å². The summed E-state index contributed by atoms with van der Waals surface area (Å²) in [6.07, 6.45) is 11.4. The van der Waals surface area contributed by atoms with Gasteiger partial charge in [-0.05, 0) is 55.1 Å². The van der Waals surface area contributed by atoms with E-state index in [1.54, 1.807) is 35.3 Å². The zero-order valence-electron chi connectivity index (χ0n) is 19.8. The minimum atomic E-state index is -0.222. The largest absolute Gasteiger partial charge is 0.349 e. The molecule has 2 aliphatic rings. The van der Waals surface area contributed by atoms with E-state index in [0.29, 0.717) is 22.2 Å². The van der Waals surface area contributed by atoms with Crippen molar-refractivity contribution < 1.29 is 9.59 Å². The quantitative estimate of drug-likeness (QED) is 0.616. The lowest BCUT2D eigenvalue weighted by atomic mass is 9.69. The number of carbonyl (C=O) groups is 2. The number of anilines is 1. The van der Waals surface area contributed by atoms with Gasteiger partial charge in [0.2, 0.25) is 0 Å². The number of hydrogen-bond acceptors (Lipinski definition) is 4. The Bertz CT molecular complexity index is 984. The number of hydrogen-bond donors (Lipinski definition) is 2. The smallest absolute Gasteiger partial charge is 0.274 e. The van der Waals surface area contributed by atoms with Gasteiger partial charge in [0.1, 0.15) is 10.7 Å². The number of fused-ring (bicyclic) bond motifs is 1. The Morgan fingerprint density at radius 1 is 1.19 bits per heavy atom. The number of rotatable bonds is 6. The monoisotopic (exact) mass is 456 g/mol. The molecule has 1 atom stereocenters. The molecule has 174 valence electrons. The molecule has 1 saturated carbocycles. The molecule has 7 heteroatoms. The Kier molecular flexibility index (Phi) is 6.75. The fourth-order valence-electron chi connectivity index (χ4n) is 5.14. The van der Waals surface area contributed by atoms with E-state index in [1.807, 2.05) is 0 Å². The van der Waals surface area contributed by atoms with Crippen LogP contribution in [0.15, 0.2) is 12.3 Å². The van der Waals surface area contributed by atoms with E-state index in [-0.39, 0.29) is 23.3 Å². The molecule has 1 fully saturated rings. The molecule has 2 aliphatic carbocycles. The summed E-state index contributed by atoms with van der Waals surface area (Å²) in [6.45, 7) is 6.95. The number of nitrogens with zero attached hydrogens (tertiary/aromatic N) is 2. The number of amides is 2. The average molecular weight is 457 g/mol. The predicted octanol–water partition coefficient (Wildman–Crippen LogP) is 5.34. The number of carbonyl (C=O) groups excluding carboxylic acids is 2. The fourth-order valence-corrected chi connectivity index (χ4v) is 6.46. The van der Waals surface area contributed by atoms with Gasteiger partial charge in [-0.15, -0.1) is 11.3 Å². The van der Waals surface area contributed by atoms with E-state index < -0.39 is 0 Å². The van der Waals surface area contributed by atoms with Crippen LogP contribution in [0.3, 0.4) is 0 Å². The zero-order valence-corrected chi connectivity index (χ0v) is 20.6. The van der Waals surface area contributed by atoms with Crippen LogP contribution in [0.5, 0.6) is 0 Å². The molecule has 2 heterocycles. The van der Waals surface area contributed by atoms with Gasteiger partial charge in [-0.1, -0.05) is 46.5 Å². The lowest BCUT2D eigenvalue weighted by Crippen LogP contribution is -2.37. The molecule has 0 aliphatic heterocycles. The van der Waals surface area contributed by atoms with Gasteiger partial charge in [-0.25, -0.2) is 0 Å². The van der Waals surface area contributed by atoms with Gasteiger partial charge in [0, 0.05) is 24.2 Å².